The molecule has 22 heavy (non-hydrogen) atoms. The third-order valence-corrected chi connectivity index (χ3v) is 4.73. The maximum Gasteiger partial charge on any atom is 0.216 e. The highest BCUT2D eigenvalue weighted by Gasteiger charge is 2.22. The molecule has 0 saturated heterocycles. The molecule has 0 heterocycles. The van der Waals surface area contributed by atoms with E-state index in [0.717, 1.165) is 11.1 Å². The molecule has 0 saturated carbocycles. The van der Waals surface area contributed by atoms with Crippen LogP contribution in [0.5, 0.6) is 0 Å². The van der Waals surface area contributed by atoms with Crippen molar-refractivity contribution >= 4 is 10.0 Å². The first kappa shape index (κ1) is 16.6. The van der Waals surface area contributed by atoms with Gasteiger partial charge in [-0.25, -0.2) is 17.5 Å². The lowest BCUT2D eigenvalue weighted by Gasteiger charge is -2.23. The Balaban J connectivity index is 2.18. The van der Waals surface area contributed by atoms with E-state index in [0.29, 0.717) is 0 Å². The molecule has 118 valence electrons. The van der Waals surface area contributed by atoms with Crippen LogP contribution < -0.4 is 4.72 Å². The Morgan fingerprint density at radius 2 is 1.59 bits per heavy atom. The summed E-state index contributed by atoms with van der Waals surface area (Å²) in [5.74, 6) is -0.354. The minimum atomic E-state index is -3.48. The molecular weight excluding hydrogens is 301 g/mol. The average molecular weight is 321 g/mol. The molecule has 0 amide bonds. The number of rotatable bonds is 6. The standard InChI is InChI=1S/C17H20FNO2S/c1-13(2)17(15-8-10-16(18)11-9-15)19-22(20,21)12-14-6-4-3-5-7-14/h3-11,13,17,19H,12H2,1-2H3/t17-/m0/s1. The van der Waals surface area contributed by atoms with E-state index in [1.165, 1.54) is 12.1 Å². The zero-order valence-corrected chi connectivity index (χ0v) is 13.5. The predicted molar refractivity (Wildman–Crippen MR) is 86.2 cm³/mol. The maximum atomic E-state index is 13.0. The van der Waals surface area contributed by atoms with Crippen molar-refractivity contribution in [2.45, 2.75) is 25.6 Å². The van der Waals surface area contributed by atoms with Crippen LogP contribution in [0, 0.1) is 11.7 Å². The fourth-order valence-corrected chi connectivity index (χ4v) is 3.80. The van der Waals surface area contributed by atoms with Crippen LogP contribution in [0.3, 0.4) is 0 Å². The largest absolute Gasteiger partial charge is 0.216 e. The topological polar surface area (TPSA) is 46.2 Å². The monoisotopic (exact) mass is 321 g/mol. The molecule has 0 aromatic heterocycles. The van der Waals surface area contributed by atoms with Gasteiger partial charge in [0.15, 0.2) is 0 Å². The Bertz CT molecular complexity index is 697. The van der Waals surface area contributed by atoms with E-state index in [1.807, 2.05) is 32.0 Å². The SMILES string of the molecule is CC(C)[C@H](NS(=O)(=O)Cc1ccccc1)c1ccc(F)cc1. The lowest BCUT2D eigenvalue weighted by atomic mass is 9.97. The molecule has 1 atom stereocenters. The van der Waals surface area contributed by atoms with Crippen molar-refractivity contribution in [3.63, 3.8) is 0 Å². The smallest absolute Gasteiger partial charge is 0.212 e. The molecular formula is C17H20FNO2S. The van der Waals surface area contributed by atoms with Crippen molar-refractivity contribution < 1.29 is 12.8 Å². The van der Waals surface area contributed by atoms with E-state index in [4.69, 9.17) is 0 Å². The lowest BCUT2D eigenvalue weighted by molar-refractivity contribution is 0.462. The van der Waals surface area contributed by atoms with E-state index in [-0.39, 0.29) is 23.5 Å². The average Bonchev–Trinajstić information content (AvgIpc) is 2.46. The molecule has 0 aliphatic rings. The van der Waals surface area contributed by atoms with Crippen molar-refractivity contribution in [2.24, 2.45) is 5.92 Å². The number of sulfonamides is 1. The first-order valence-electron chi connectivity index (χ1n) is 7.17. The first-order chi connectivity index (χ1) is 10.4. The Morgan fingerprint density at radius 1 is 1.00 bits per heavy atom. The fraction of sp³-hybridized carbons (Fsp3) is 0.294. The number of halogens is 1. The highest BCUT2D eigenvalue weighted by atomic mass is 32.2. The summed E-state index contributed by atoms with van der Waals surface area (Å²) in [7, 11) is -3.48. The second-order valence-electron chi connectivity index (χ2n) is 5.64. The second kappa shape index (κ2) is 7.03. The molecule has 3 nitrogen and oxygen atoms in total. The second-order valence-corrected chi connectivity index (χ2v) is 7.39. The van der Waals surface area contributed by atoms with Gasteiger partial charge in [-0.15, -0.1) is 0 Å². The van der Waals surface area contributed by atoms with Crippen molar-refractivity contribution in [2.75, 3.05) is 0 Å². The molecule has 0 spiro atoms. The van der Waals surface area contributed by atoms with Crippen LogP contribution in [0.2, 0.25) is 0 Å². The van der Waals surface area contributed by atoms with Crippen LogP contribution in [0.4, 0.5) is 4.39 Å². The van der Waals surface area contributed by atoms with Crippen LogP contribution >= 0.6 is 0 Å². The van der Waals surface area contributed by atoms with E-state index in [1.54, 1.807) is 24.3 Å². The van der Waals surface area contributed by atoms with Gasteiger partial charge in [-0.3, -0.25) is 0 Å². The van der Waals surface area contributed by atoms with Crippen LogP contribution in [0.15, 0.2) is 54.6 Å². The predicted octanol–water partition coefficient (Wildman–Crippen LogP) is 3.64. The van der Waals surface area contributed by atoms with Crippen LogP contribution in [0.25, 0.3) is 0 Å². The number of hydrogen-bond acceptors (Lipinski definition) is 2. The Labute approximate surface area is 131 Å². The summed E-state index contributed by atoms with van der Waals surface area (Å²) in [6.07, 6.45) is 0. The molecule has 0 aliphatic carbocycles. The molecule has 0 radical (unpaired) electrons. The van der Waals surface area contributed by atoms with E-state index >= 15 is 0 Å². The van der Waals surface area contributed by atoms with Crippen molar-refractivity contribution in [1.82, 2.24) is 4.72 Å². The minimum absolute atomic E-state index is 0.0519. The van der Waals surface area contributed by atoms with Gasteiger partial charge in [0.05, 0.1) is 5.75 Å². The van der Waals surface area contributed by atoms with Crippen molar-refractivity contribution in [3.05, 3.63) is 71.5 Å². The van der Waals surface area contributed by atoms with Gasteiger partial charge in [0, 0.05) is 6.04 Å². The molecule has 1 N–H and O–H groups in total. The molecule has 0 bridgehead atoms. The Kier molecular flexibility index (Phi) is 5.32. The zero-order valence-electron chi connectivity index (χ0n) is 12.7. The maximum absolute atomic E-state index is 13.0. The van der Waals surface area contributed by atoms with Crippen molar-refractivity contribution in [1.29, 1.82) is 0 Å². The summed E-state index contributed by atoms with van der Waals surface area (Å²) in [6, 6.07) is 14.6. The molecule has 0 fully saturated rings. The number of hydrogen-bond donors (Lipinski definition) is 1. The van der Waals surface area contributed by atoms with Gasteiger partial charge in [-0.05, 0) is 29.2 Å². The highest BCUT2D eigenvalue weighted by molar-refractivity contribution is 7.88. The summed E-state index contributed by atoms with van der Waals surface area (Å²) in [5, 5.41) is 0. The van der Waals surface area contributed by atoms with Gasteiger partial charge >= 0.3 is 0 Å². The quantitative estimate of drug-likeness (QED) is 0.883. The lowest BCUT2D eigenvalue weighted by Crippen LogP contribution is -2.32. The third-order valence-electron chi connectivity index (χ3n) is 3.40. The third kappa shape index (κ3) is 4.64. The first-order valence-corrected chi connectivity index (χ1v) is 8.82. The summed E-state index contributed by atoms with van der Waals surface area (Å²) in [6.45, 7) is 3.86. The summed E-state index contributed by atoms with van der Waals surface area (Å²) < 4.78 is 40.5. The molecule has 2 aromatic carbocycles. The summed E-state index contributed by atoms with van der Waals surface area (Å²) >= 11 is 0. The molecule has 2 rings (SSSR count). The molecule has 5 heteroatoms. The van der Waals surface area contributed by atoms with Crippen LogP contribution in [-0.2, 0) is 15.8 Å². The van der Waals surface area contributed by atoms with Gasteiger partial charge in [0.25, 0.3) is 0 Å². The molecule has 2 aromatic rings. The number of nitrogens with one attached hydrogen (secondary N) is 1. The van der Waals surface area contributed by atoms with Gasteiger partial charge < -0.3 is 0 Å². The van der Waals surface area contributed by atoms with Crippen molar-refractivity contribution in [3.8, 4) is 0 Å². The fourth-order valence-electron chi connectivity index (χ4n) is 2.29. The Morgan fingerprint density at radius 3 is 2.14 bits per heavy atom. The van der Waals surface area contributed by atoms with Gasteiger partial charge in [-0.2, -0.15) is 0 Å². The normalized spacial score (nSPS) is 13.3. The minimum Gasteiger partial charge on any atom is -0.212 e. The molecule has 0 aliphatic heterocycles. The van der Waals surface area contributed by atoms with Gasteiger partial charge in [-0.1, -0.05) is 56.3 Å². The zero-order chi connectivity index (χ0) is 16.2. The Hall–Kier alpha value is -1.72. The number of benzene rings is 2. The molecule has 0 unspecified atom stereocenters. The van der Waals surface area contributed by atoms with Gasteiger partial charge in [0.1, 0.15) is 5.82 Å². The summed E-state index contributed by atoms with van der Waals surface area (Å²) in [4.78, 5) is 0. The van der Waals surface area contributed by atoms with E-state index < -0.39 is 10.0 Å². The van der Waals surface area contributed by atoms with Gasteiger partial charge in [0.2, 0.25) is 10.0 Å². The summed E-state index contributed by atoms with van der Waals surface area (Å²) in [5.41, 5.74) is 1.49. The highest BCUT2D eigenvalue weighted by Crippen LogP contribution is 2.23. The van der Waals surface area contributed by atoms with Crippen LogP contribution in [0.1, 0.15) is 31.0 Å². The van der Waals surface area contributed by atoms with E-state index in [9.17, 15) is 12.8 Å². The van der Waals surface area contributed by atoms with E-state index in [2.05, 4.69) is 4.72 Å². The van der Waals surface area contributed by atoms with Crippen LogP contribution in [-0.4, -0.2) is 8.42 Å².